The minimum atomic E-state index is -0.639. The van der Waals surface area contributed by atoms with Gasteiger partial charge in [0.25, 0.3) is 5.75 Å². The van der Waals surface area contributed by atoms with Crippen molar-refractivity contribution in [1.29, 1.82) is 0 Å². The molecule has 0 fully saturated rings. The van der Waals surface area contributed by atoms with E-state index in [9.17, 15) is 19.7 Å². The molecule has 0 bridgehead atoms. The molecule has 0 unspecified atom stereocenters. The number of pyridine rings is 1. The lowest BCUT2D eigenvalue weighted by atomic mass is 10.2. The molecular weight excluding hydrogens is 255 g/mol. The molecule has 0 radical (unpaired) electrons. The van der Waals surface area contributed by atoms with Crippen LogP contribution in [0, 0.1) is 21.1 Å². The van der Waals surface area contributed by atoms with Crippen LogP contribution in [0.4, 0.5) is 10.1 Å². The molecular formula is C12H9FN2O4. The number of halogens is 1. The largest absolute Gasteiger partial charge is 0.619 e. The molecule has 19 heavy (non-hydrogen) atoms. The van der Waals surface area contributed by atoms with E-state index in [1.54, 1.807) is 0 Å². The molecule has 0 aliphatic rings. The second-order valence-electron chi connectivity index (χ2n) is 3.73. The van der Waals surface area contributed by atoms with Crippen molar-refractivity contribution >= 4 is 5.69 Å². The molecule has 98 valence electrons. The van der Waals surface area contributed by atoms with E-state index in [0.29, 0.717) is 10.3 Å². The standard InChI is InChI=1S/C12H9FN2O4/c13-10-3-1-9(2-4-10)8-19-12-7-14(16)6-5-11(12)15(17)18/h1-7H,8H2. The molecule has 0 saturated carbocycles. The number of aromatic nitrogens is 1. The van der Waals surface area contributed by atoms with Crippen molar-refractivity contribution in [2.45, 2.75) is 6.61 Å². The smallest absolute Gasteiger partial charge is 0.323 e. The lowest BCUT2D eigenvalue weighted by Gasteiger charge is -2.06. The Hall–Kier alpha value is -2.70. The van der Waals surface area contributed by atoms with Crippen LogP contribution >= 0.6 is 0 Å². The molecule has 0 atom stereocenters. The van der Waals surface area contributed by atoms with Gasteiger partial charge in [0, 0.05) is 0 Å². The van der Waals surface area contributed by atoms with Gasteiger partial charge in [-0.3, -0.25) is 10.1 Å². The summed E-state index contributed by atoms with van der Waals surface area (Å²) in [4.78, 5) is 10.1. The number of rotatable bonds is 4. The van der Waals surface area contributed by atoms with Crippen LogP contribution in [-0.2, 0) is 6.61 Å². The Kier molecular flexibility index (Phi) is 3.56. The average Bonchev–Trinajstić information content (AvgIpc) is 2.38. The number of hydrogen-bond acceptors (Lipinski definition) is 4. The first kappa shape index (κ1) is 12.7. The molecule has 0 saturated heterocycles. The average molecular weight is 264 g/mol. The highest BCUT2D eigenvalue weighted by Crippen LogP contribution is 2.24. The topological polar surface area (TPSA) is 79.3 Å². The highest BCUT2D eigenvalue weighted by Gasteiger charge is 2.18. The first-order chi connectivity index (χ1) is 9.06. The van der Waals surface area contributed by atoms with Crippen molar-refractivity contribution in [3.63, 3.8) is 0 Å². The molecule has 1 heterocycles. The molecule has 7 heteroatoms. The summed E-state index contributed by atoms with van der Waals surface area (Å²) >= 11 is 0. The van der Waals surface area contributed by atoms with Crippen LogP contribution in [0.25, 0.3) is 0 Å². The third kappa shape index (κ3) is 3.15. The molecule has 0 aliphatic heterocycles. The second-order valence-corrected chi connectivity index (χ2v) is 3.73. The Balaban J connectivity index is 2.16. The maximum absolute atomic E-state index is 12.7. The summed E-state index contributed by atoms with van der Waals surface area (Å²) in [5, 5.41) is 21.8. The zero-order valence-electron chi connectivity index (χ0n) is 9.65. The number of hydrogen-bond donors (Lipinski definition) is 0. The monoisotopic (exact) mass is 264 g/mol. The van der Waals surface area contributed by atoms with Crippen LogP contribution in [0.2, 0.25) is 0 Å². The van der Waals surface area contributed by atoms with Crippen molar-refractivity contribution in [2.75, 3.05) is 0 Å². The van der Waals surface area contributed by atoms with Gasteiger partial charge in [-0.2, -0.15) is 4.73 Å². The van der Waals surface area contributed by atoms with Gasteiger partial charge in [0.1, 0.15) is 12.4 Å². The van der Waals surface area contributed by atoms with Crippen molar-refractivity contribution in [3.8, 4) is 5.75 Å². The minimum absolute atomic E-state index is 0.00509. The van der Waals surface area contributed by atoms with Crippen LogP contribution in [0.3, 0.4) is 0 Å². The molecule has 1 aromatic heterocycles. The third-order valence-electron chi connectivity index (χ3n) is 2.38. The van der Waals surface area contributed by atoms with Gasteiger partial charge in [0.2, 0.25) is 6.20 Å². The van der Waals surface area contributed by atoms with Gasteiger partial charge >= 0.3 is 5.69 Å². The zero-order valence-corrected chi connectivity index (χ0v) is 9.65. The van der Waals surface area contributed by atoms with Crippen molar-refractivity contribution in [3.05, 3.63) is 69.4 Å². The van der Waals surface area contributed by atoms with Gasteiger partial charge in [-0.15, -0.1) is 0 Å². The fraction of sp³-hybridized carbons (Fsp3) is 0.0833. The lowest BCUT2D eigenvalue weighted by Crippen LogP contribution is -2.24. The molecule has 6 nitrogen and oxygen atoms in total. The lowest BCUT2D eigenvalue weighted by molar-refractivity contribution is -0.606. The maximum Gasteiger partial charge on any atom is 0.323 e. The highest BCUT2D eigenvalue weighted by atomic mass is 19.1. The van der Waals surface area contributed by atoms with Crippen LogP contribution in [-0.4, -0.2) is 4.92 Å². The Morgan fingerprint density at radius 1 is 1.26 bits per heavy atom. The van der Waals surface area contributed by atoms with Gasteiger partial charge in [-0.25, -0.2) is 4.39 Å². The van der Waals surface area contributed by atoms with Crippen molar-refractivity contribution in [1.82, 2.24) is 0 Å². The third-order valence-corrected chi connectivity index (χ3v) is 2.38. The number of benzene rings is 1. The van der Waals surface area contributed by atoms with E-state index in [2.05, 4.69) is 0 Å². The normalized spacial score (nSPS) is 10.2. The summed E-state index contributed by atoms with van der Waals surface area (Å²) < 4.78 is 18.3. The molecule has 2 aromatic rings. The van der Waals surface area contributed by atoms with Crippen LogP contribution in [0.1, 0.15) is 5.56 Å². The summed E-state index contributed by atoms with van der Waals surface area (Å²) in [5.41, 5.74) is 0.339. The Labute approximate surface area is 107 Å². The predicted molar refractivity (Wildman–Crippen MR) is 62.8 cm³/mol. The number of nitrogens with zero attached hydrogens (tertiary/aromatic N) is 2. The molecule has 0 N–H and O–H groups in total. The first-order valence-corrected chi connectivity index (χ1v) is 5.31. The Morgan fingerprint density at radius 2 is 1.95 bits per heavy atom. The molecule has 0 spiro atoms. The van der Waals surface area contributed by atoms with E-state index < -0.39 is 4.92 Å². The van der Waals surface area contributed by atoms with Crippen LogP contribution in [0.5, 0.6) is 5.75 Å². The minimum Gasteiger partial charge on any atom is -0.619 e. The summed E-state index contributed by atoms with van der Waals surface area (Å²) in [7, 11) is 0. The first-order valence-electron chi connectivity index (χ1n) is 5.31. The van der Waals surface area contributed by atoms with E-state index >= 15 is 0 Å². The predicted octanol–water partition coefficient (Wildman–Crippen LogP) is 1.95. The summed E-state index contributed by atoms with van der Waals surface area (Å²) in [5.74, 6) is -0.515. The van der Waals surface area contributed by atoms with E-state index in [0.717, 1.165) is 18.5 Å². The van der Waals surface area contributed by atoms with E-state index in [-0.39, 0.29) is 23.9 Å². The second kappa shape index (κ2) is 5.30. The van der Waals surface area contributed by atoms with Gasteiger partial charge < -0.3 is 9.94 Å². The highest BCUT2D eigenvalue weighted by molar-refractivity contribution is 5.42. The van der Waals surface area contributed by atoms with Gasteiger partial charge in [-0.1, -0.05) is 12.1 Å². The summed E-state index contributed by atoms with van der Waals surface area (Å²) in [6.45, 7) is 0.00509. The summed E-state index contributed by atoms with van der Waals surface area (Å²) in [6.07, 6.45) is 1.99. The molecule has 0 aliphatic carbocycles. The van der Waals surface area contributed by atoms with Crippen molar-refractivity contribution in [2.24, 2.45) is 0 Å². The van der Waals surface area contributed by atoms with Gasteiger partial charge in [0.05, 0.1) is 11.0 Å². The Bertz CT molecular complexity index is 601. The van der Waals surface area contributed by atoms with E-state index in [1.807, 2.05) is 0 Å². The maximum atomic E-state index is 12.7. The fourth-order valence-corrected chi connectivity index (χ4v) is 1.45. The molecule has 2 rings (SSSR count). The van der Waals surface area contributed by atoms with Crippen LogP contribution in [0.15, 0.2) is 42.7 Å². The number of ether oxygens (including phenoxy) is 1. The number of nitro groups is 1. The zero-order chi connectivity index (χ0) is 13.8. The quantitative estimate of drug-likeness (QED) is 0.366. The Morgan fingerprint density at radius 3 is 2.58 bits per heavy atom. The molecule has 0 amide bonds. The van der Waals surface area contributed by atoms with Crippen molar-refractivity contribution < 1.29 is 18.8 Å². The van der Waals surface area contributed by atoms with Gasteiger partial charge in [-0.05, 0) is 17.7 Å². The summed E-state index contributed by atoms with van der Waals surface area (Å²) in [6, 6.07) is 6.56. The van der Waals surface area contributed by atoms with Gasteiger partial charge in [0.15, 0.2) is 6.20 Å². The van der Waals surface area contributed by atoms with E-state index in [1.165, 1.54) is 24.3 Å². The molecule has 1 aromatic carbocycles. The van der Waals surface area contributed by atoms with E-state index in [4.69, 9.17) is 4.74 Å². The SMILES string of the molecule is O=[N+]([O-])c1cc[n+]([O-])cc1OCc1ccc(F)cc1. The fourth-order valence-electron chi connectivity index (χ4n) is 1.45. The van der Waals surface area contributed by atoms with Crippen LogP contribution < -0.4 is 9.47 Å².